The first kappa shape index (κ1) is 14.2. The number of nitrogens with zero attached hydrogens (tertiary/aromatic N) is 1. The molecular formula is C14H14N2O3S. The van der Waals surface area contributed by atoms with Gasteiger partial charge in [-0.3, -0.25) is 10.1 Å². The van der Waals surface area contributed by atoms with Crippen molar-refractivity contribution >= 4 is 23.1 Å². The van der Waals surface area contributed by atoms with Crippen LogP contribution in [0.15, 0.2) is 47.4 Å². The molecule has 5 nitrogen and oxygen atoms in total. The van der Waals surface area contributed by atoms with E-state index in [1.807, 2.05) is 24.3 Å². The van der Waals surface area contributed by atoms with Gasteiger partial charge in [-0.05, 0) is 23.8 Å². The van der Waals surface area contributed by atoms with Gasteiger partial charge in [0.15, 0.2) is 0 Å². The molecule has 0 radical (unpaired) electrons. The van der Waals surface area contributed by atoms with E-state index < -0.39 is 4.92 Å². The average Bonchev–Trinajstić information content (AvgIpc) is 2.45. The van der Waals surface area contributed by atoms with Gasteiger partial charge in [-0.1, -0.05) is 18.2 Å². The van der Waals surface area contributed by atoms with Crippen LogP contribution in [-0.4, -0.2) is 12.0 Å². The van der Waals surface area contributed by atoms with Gasteiger partial charge in [-0.2, -0.15) is 0 Å². The molecule has 20 heavy (non-hydrogen) atoms. The summed E-state index contributed by atoms with van der Waals surface area (Å²) in [6.45, 7) is 0. The van der Waals surface area contributed by atoms with E-state index in [1.165, 1.54) is 6.07 Å². The zero-order valence-corrected chi connectivity index (χ0v) is 11.7. The van der Waals surface area contributed by atoms with Crippen molar-refractivity contribution in [3.8, 4) is 5.75 Å². The van der Waals surface area contributed by atoms with Gasteiger partial charge >= 0.3 is 0 Å². The molecule has 2 rings (SSSR count). The van der Waals surface area contributed by atoms with Crippen LogP contribution in [0.5, 0.6) is 5.75 Å². The maximum Gasteiger partial charge on any atom is 0.292 e. The number of benzene rings is 2. The average molecular weight is 290 g/mol. The van der Waals surface area contributed by atoms with Gasteiger partial charge in [0.05, 0.1) is 12.0 Å². The van der Waals surface area contributed by atoms with Crippen LogP contribution in [0.2, 0.25) is 0 Å². The molecule has 0 unspecified atom stereocenters. The van der Waals surface area contributed by atoms with Crippen molar-refractivity contribution in [2.45, 2.75) is 10.6 Å². The van der Waals surface area contributed by atoms with Crippen molar-refractivity contribution in [3.63, 3.8) is 0 Å². The molecule has 0 saturated carbocycles. The lowest BCUT2D eigenvalue weighted by Gasteiger charge is -2.08. The Bertz CT molecular complexity index is 632. The Balaban J connectivity index is 2.11. The Morgan fingerprint density at radius 2 is 2.05 bits per heavy atom. The third-order valence-electron chi connectivity index (χ3n) is 2.75. The lowest BCUT2D eigenvalue weighted by atomic mass is 10.2. The van der Waals surface area contributed by atoms with Crippen LogP contribution in [0.3, 0.4) is 0 Å². The van der Waals surface area contributed by atoms with Crippen molar-refractivity contribution in [2.24, 2.45) is 0 Å². The van der Waals surface area contributed by atoms with E-state index in [4.69, 9.17) is 10.5 Å². The topological polar surface area (TPSA) is 78.4 Å². The van der Waals surface area contributed by atoms with E-state index in [2.05, 4.69) is 0 Å². The number of ether oxygens (including phenoxy) is 1. The molecule has 2 N–H and O–H groups in total. The third kappa shape index (κ3) is 3.21. The molecule has 104 valence electrons. The quantitative estimate of drug-likeness (QED) is 0.395. The van der Waals surface area contributed by atoms with Crippen LogP contribution in [0.4, 0.5) is 11.4 Å². The predicted octanol–water partition coefficient (Wildman–Crippen LogP) is 3.48. The zero-order valence-electron chi connectivity index (χ0n) is 10.9. The van der Waals surface area contributed by atoms with Crippen LogP contribution in [-0.2, 0) is 5.75 Å². The number of para-hydroxylation sites is 1. The monoisotopic (exact) mass is 290 g/mol. The molecule has 0 aliphatic heterocycles. The number of anilines is 1. The van der Waals surface area contributed by atoms with E-state index in [1.54, 1.807) is 31.0 Å². The van der Waals surface area contributed by atoms with Crippen LogP contribution in [0.25, 0.3) is 0 Å². The summed E-state index contributed by atoms with van der Waals surface area (Å²) in [6.07, 6.45) is 0. The molecule has 2 aromatic carbocycles. The van der Waals surface area contributed by atoms with Crippen molar-refractivity contribution in [1.82, 2.24) is 0 Å². The van der Waals surface area contributed by atoms with Crippen LogP contribution >= 0.6 is 11.8 Å². The first-order chi connectivity index (χ1) is 9.61. The zero-order chi connectivity index (χ0) is 14.5. The number of nitrogen functional groups attached to an aromatic ring is 1. The first-order valence-electron chi connectivity index (χ1n) is 5.90. The second-order valence-corrected chi connectivity index (χ2v) is 5.11. The molecule has 6 heteroatoms. The molecule has 0 aliphatic rings. The molecule has 0 bridgehead atoms. The van der Waals surface area contributed by atoms with E-state index in [0.29, 0.717) is 5.75 Å². The van der Waals surface area contributed by atoms with Gasteiger partial charge in [-0.15, -0.1) is 11.8 Å². The van der Waals surface area contributed by atoms with Crippen molar-refractivity contribution in [1.29, 1.82) is 0 Å². The predicted molar refractivity (Wildman–Crippen MR) is 80.1 cm³/mol. The van der Waals surface area contributed by atoms with Crippen molar-refractivity contribution in [3.05, 3.63) is 58.1 Å². The van der Waals surface area contributed by atoms with Crippen molar-refractivity contribution < 1.29 is 9.66 Å². The molecule has 0 saturated heterocycles. The Kier molecular flexibility index (Phi) is 4.47. The number of nitro benzene ring substituents is 1. The summed E-state index contributed by atoms with van der Waals surface area (Å²) in [5.74, 6) is 1.48. The van der Waals surface area contributed by atoms with Crippen LogP contribution < -0.4 is 10.5 Å². The van der Waals surface area contributed by atoms with Crippen molar-refractivity contribution in [2.75, 3.05) is 12.8 Å². The largest absolute Gasteiger partial charge is 0.496 e. The number of thioether (sulfide) groups is 1. The molecule has 0 fully saturated rings. The summed E-state index contributed by atoms with van der Waals surface area (Å²) in [5, 5.41) is 10.7. The molecule has 2 aromatic rings. The third-order valence-corrected chi connectivity index (χ3v) is 3.88. The number of rotatable bonds is 5. The Hall–Kier alpha value is -2.21. The van der Waals surface area contributed by atoms with Crippen LogP contribution in [0, 0.1) is 10.1 Å². The maximum atomic E-state index is 10.7. The van der Waals surface area contributed by atoms with Gasteiger partial charge in [0, 0.05) is 16.7 Å². The summed E-state index contributed by atoms with van der Waals surface area (Å²) in [4.78, 5) is 11.2. The summed E-state index contributed by atoms with van der Waals surface area (Å²) in [7, 11) is 1.63. The fraction of sp³-hybridized carbons (Fsp3) is 0.143. The Labute approximate surface area is 120 Å². The highest BCUT2D eigenvalue weighted by molar-refractivity contribution is 7.98. The van der Waals surface area contributed by atoms with E-state index in [0.717, 1.165) is 16.2 Å². The highest BCUT2D eigenvalue weighted by Crippen LogP contribution is 2.32. The van der Waals surface area contributed by atoms with Gasteiger partial charge in [0.2, 0.25) is 0 Å². The molecule has 0 atom stereocenters. The fourth-order valence-corrected chi connectivity index (χ4v) is 2.73. The summed E-state index contributed by atoms with van der Waals surface area (Å²) in [6, 6.07) is 12.5. The SMILES string of the molecule is COc1ccccc1SCc1ccc([N+](=O)[O-])c(N)c1. The fourth-order valence-electron chi connectivity index (χ4n) is 1.76. The van der Waals surface area contributed by atoms with Gasteiger partial charge in [0.1, 0.15) is 11.4 Å². The van der Waals surface area contributed by atoms with E-state index >= 15 is 0 Å². The smallest absolute Gasteiger partial charge is 0.292 e. The van der Waals surface area contributed by atoms with Gasteiger partial charge in [0.25, 0.3) is 5.69 Å². The highest BCUT2D eigenvalue weighted by atomic mass is 32.2. The van der Waals surface area contributed by atoms with Crippen LogP contribution in [0.1, 0.15) is 5.56 Å². The highest BCUT2D eigenvalue weighted by Gasteiger charge is 2.11. The number of methoxy groups -OCH3 is 1. The standard InChI is InChI=1S/C14H14N2O3S/c1-19-13-4-2-3-5-14(13)20-9-10-6-7-12(16(17)18)11(15)8-10/h2-8H,9,15H2,1H3. The summed E-state index contributed by atoms with van der Waals surface area (Å²) >= 11 is 1.60. The summed E-state index contributed by atoms with van der Waals surface area (Å²) in [5.41, 5.74) is 6.73. The van der Waals surface area contributed by atoms with Gasteiger partial charge < -0.3 is 10.5 Å². The first-order valence-corrected chi connectivity index (χ1v) is 6.89. The second-order valence-electron chi connectivity index (χ2n) is 4.09. The second kappa shape index (κ2) is 6.29. The number of nitro groups is 1. The molecule has 0 aliphatic carbocycles. The molecule has 0 aromatic heterocycles. The van der Waals surface area contributed by atoms with E-state index in [9.17, 15) is 10.1 Å². The minimum Gasteiger partial charge on any atom is -0.496 e. The molecule has 0 heterocycles. The lowest BCUT2D eigenvalue weighted by Crippen LogP contribution is -1.96. The Morgan fingerprint density at radius 1 is 1.30 bits per heavy atom. The number of nitrogens with two attached hydrogens (primary N) is 1. The van der Waals surface area contributed by atoms with E-state index in [-0.39, 0.29) is 11.4 Å². The molecular weight excluding hydrogens is 276 g/mol. The number of hydrogen-bond acceptors (Lipinski definition) is 5. The minimum absolute atomic E-state index is 0.0592. The molecule has 0 spiro atoms. The summed E-state index contributed by atoms with van der Waals surface area (Å²) < 4.78 is 5.27. The van der Waals surface area contributed by atoms with Gasteiger partial charge in [-0.25, -0.2) is 0 Å². The minimum atomic E-state index is -0.480. The Morgan fingerprint density at radius 3 is 2.70 bits per heavy atom. The molecule has 0 amide bonds. The number of hydrogen-bond donors (Lipinski definition) is 1. The lowest BCUT2D eigenvalue weighted by molar-refractivity contribution is -0.383. The maximum absolute atomic E-state index is 10.7. The normalized spacial score (nSPS) is 10.2.